The van der Waals surface area contributed by atoms with E-state index in [-0.39, 0.29) is 0 Å². The molecule has 0 bridgehead atoms. The molecule has 1 rings (SSSR count). The van der Waals surface area contributed by atoms with Gasteiger partial charge in [0.05, 0.1) is 7.11 Å². The summed E-state index contributed by atoms with van der Waals surface area (Å²) in [5.74, 6) is 0.855. The van der Waals surface area contributed by atoms with Crippen molar-refractivity contribution in [2.24, 2.45) is 0 Å². The van der Waals surface area contributed by atoms with Crippen LogP contribution in [0.25, 0.3) is 4.85 Å². The van der Waals surface area contributed by atoms with Crippen molar-refractivity contribution in [3.05, 3.63) is 41.2 Å². The topological polar surface area (TPSA) is 25.6 Å². The molecule has 0 saturated carbocycles. The molecule has 0 aliphatic heterocycles. The van der Waals surface area contributed by atoms with Crippen molar-refractivity contribution in [2.45, 2.75) is 6.54 Å². The average molecular weight is 176 g/mol. The molecule has 68 valence electrons. The van der Waals surface area contributed by atoms with E-state index in [1.54, 1.807) is 7.11 Å². The summed E-state index contributed by atoms with van der Waals surface area (Å²) in [7, 11) is 1.65. The molecule has 3 heteroatoms. The summed E-state index contributed by atoms with van der Waals surface area (Å²) >= 11 is 0. The number of nitrogens with zero attached hydrogens (tertiary/aromatic N) is 1. The molecule has 1 aromatic rings. The lowest BCUT2D eigenvalue weighted by Gasteiger charge is -2.01. The van der Waals surface area contributed by atoms with Gasteiger partial charge in [-0.2, -0.15) is 0 Å². The second-order valence-electron chi connectivity index (χ2n) is 2.59. The Hall–Kier alpha value is -1.53. The lowest BCUT2D eigenvalue weighted by atomic mass is 10.2. The van der Waals surface area contributed by atoms with Gasteiger partial charge in [0.25, 0.3) is 6.67 Å². The second kappa shape index (κ2) is 5.18. The maximum atomic E-state index is 6.57. The molecule has 3 nitrogen and oxygen atoms in total. The summed E-state index contributed by atoms with van der Waals surface area (Å²) in [4.78, 5) is 3.20. The Bertz CT molecular complexity index is 287. The summed E-state index contributed by atoms with van der Waals surface area (Å²) in [6.07, 6.45) is 0. The van der Waals surface area contributed by atoms with Gasteiger partial charge in [0.1, 0.15) is 5.75 Å². The first-order chi connectivity index (χ1) is 6.36. The van der Waals surface area contributed by atoms with Crippen LogP contribution in [0.1, 0.15) is 5.56 Å². The molecule has 1 aromatic carbocycles. The van der Waals surface area contributed by atoms with Gasteiger partial charge in [-0.05, 0) is 17.7 Å². The number of methoxy groups -OCH3 is 1. The SMILES string of the molecule is [C-]#[N+]CNCc1ccc(OC)cc1. The molecular weight excluding hydrogens is 164 g/mol. The van der Waals surface area contributed by atoms with Crippen molar-refractivity contribution < 1.29 is 4.74 Å². The van der Waals surface area contributed by atoms with Crippen LogP contribution in [0.2, 0.25) is 0 Å². The van der Waals surface area contributed by atoms with Gasteiger partial charge in [0.15, 0.2) is 0 Å². The smallest absolute Gasteiger partial charge is 0.268 e. The van der Waals surface area contributed by atoms with Gasteiger partial charge >= 0.3 is 0 Å². The van der Waals surface area contributed by atoms with Crippen LogP contribution >= 0.6 is 0 Å². The third kappa shape index (κ3) is 3.14. The molecule has 0 aliphatic rings. The lowest BCUT2D eigenvalue weighted by Crippen LogP contribution is -2.11. The van der Waals surface area contributed by atoms with Gasteiger partial charge in [-0.15, -0.1) is 0 Å². The Labute approximate surface area is 78.2 Å². The quantitative estimate of drug-likeness (QED) is 0.557. The van der Waals surface area contributed by atoms with Crippen LogP contribution in [0.5, 0.6) is 5.75 Å². The standard InChI is InChI=1S/C10H12N2O/c1-11-8-12-7-9-3-5-10(13-2)6-4-9/h3-6,12H,7-8H2,2H3. The zero-order valence-corrected chi connectivity index (χ0v) is 7.58. The maximum Gasteiger partial charge on any atom is 0.268 e. The number of benzene rings is 1. The Morgan fingerprint density at radius 1 is 1.38 bits per heavy atom. The third-order valence-corrected chi connectivity index (χ3v) is 1.68. The summed E-state index contributed by atoms with van der Waals surface area (Å²) in [6.45, 7) is 7.67. The minimum absolute atomic E-state index is 0.367. The zero-order valence-electron chi connectivity index (χ0n) is 7.58. The molecular formula is C10H12N2O. The highest BCUT2D eigenvalue weighted by Crippen LogP contribution is 2.10. The first-order valence-corrected chi connectivity index (χ1v) is 4.03. The van der Waals surface area contributed by atoms with Crippen molar-refractivity contribution in [1.82, 2.24) is 5.32 Å². The van der Waals surface area contributed by atoms with E-state index in [1.165, 1.54) is 0 Å². The third-order valence-electron chi connectivity index (χ3n) is 1.68. The minimum Gasteiger partial charge on any atom is -0.497 e. The largest absolute Gasteiger partial charge is 0.497 e. The number of nitrogens with one attached hydrogen (secondary N) is 1. The molecule has 0 heterocycles. The van der Waals surface area contributed by atoms with Crippen LogP contribution in [0.3, 0.4) is 0 Å². The molecule has 0 unspecified atom stereocenters. The fourth-order valence-electron chi connectivity index (χ4n) is 1.000. The second-order valence-corrected chi connectivity index (χ2v) is 2.59. The predicted octanol–water partition coefficient (Wildman–Crippen LogP) is 1.66. The molecule has 13 heavy (non-hydrogen) atoms. The van der Waals surface area contributed by atoms with Crippen molar-refractivity contribution >= 4 is 0 Å². The van der Waals surface area contributed by atoms with Crippen molar-refractivity contribution in [3.63, 3.8) is 0 Å². The molecule has 0 amide bonds. The van der Waals surface area contributed by atoms with Crippen molar-refractivity contribution in [1.29, 1.82) is 0 Å². The summed E-state index contributed by atoms with van der Waals surface area (Å²) in [5.41, 5.74) is 1.16. The van der Waals surface area contributed by atoms with Crippen LogP contribution in [0, 0.1) is 6.57 Å². The summed E-state index contributed by atoms with van der Waals surface area (Å²) in [5, 5.41) is 2.99. The first kappa shape index (κ1) is 9.56. The molecule has 0 saturated heterocycles. The van der Waals surface area contributed by atoms with Gasteiger partial charge in [0, 0.05) is 6.54 Å². The van der Waals surface area contributed by atoms with Crippen molar-refractivity contribution in [3.8, 4) is 5.75 Å². The van der Waals surface area contributed by atoms with E-state index in [2.05, 4.69) is 10.2 Å². The number of rotatable bonds is 4. The average Bonchev–Trinajstić information content (AvgIpc) is 2.19. The first-order valence-electron chi connectivity index (χ1n) is 4.03. The van der Waals surface area contributed by atoms with Crippen LogP contribution in [0.4, 0.5) is 0 Å². The molecule has 0 atom stereocenters. The zero-order chi connectivity index (χ0) is 9.52. The van der Waals surface area contributed by atoms with Crippen molar-refractivity contribution in [2.75, 3.05) is 13.8 Å². The number of hydrogen-bond donors (Lipinski definition) is 1. The van der Waals surface area contributed by atoms with Gasteiger partial charge in [-0.1, -0.05) is 12.1 Å². The lowest BCUT2D eigenvalue weighted by molar-refractivity contribution is 0.414. The molecule has 0 aliphatic carbocycles. The molecule has 0 fully saturated rings. The van der Waals surface area contributed by atoms with Gasteiger partial charge in [0.2, 0.25) is 0 Å². The van der Waals surface area contributed by atoms with E-state index in [0.29, 0.717) is 6.67 Å². The van der Waals surface area contributed by atoms with Gasteiger partial charge < -0.3 is 4.74 Å². The van der Waals surface area contributed by atoms with E-state index < -0.39 is 0 Å². The van der Waals surface area contributed by atoms with Crippen LogP contribution in [0.15, 0.2) is 24.3 Å². The van der Waals surface area contributed by atoms with E-state index in [4.69, 9.17) is 11.3 Å². The van der Waals surface area contributed by atoms with E-state index in [9.17, 15) is 0 Å². The van der Waals surface area contributed by atoms with Crippen LogP contribution in [-0.2, 0) is 6.54 Å². The Balaban J connectivity index is 2.45. The highest BCUT2D eigenvalue weighted by Gasteiger charge is 1.93. The van der Waals surface area contributed by atoms with Gasteiger partial charge in [-0.3, -0.25) is 4.85 Å². The highest BCUT2D eigenvalue weighted by atomic mass is 16.5. The maximum absolute atomic E-state index is 6.57. The molecule has 1 N–H and O–H groups in total. The normalized spacial score (nSPS) is 9.23. The Kier molecular flexibility index (Phi) is 3.80. The van der Waals surface area contributed by atoms with E-state index in [1.807, 2.05) is 24.3 Å². The van der Waals surface area contributed by atoms with E-state index >= 15 is 0 Å². The minimum atomic E-state index is 0.367. The van der Waals surface area contributed by atoms with Crippen LogP contribution < -0.4 is 10.1 Å². The molecule has 0 aromatic heterocycles. The Morgan fingerprint density at radius 3 is 2.62 bits per heavy atom. The summed E-state index contributed by atoms with van der Waals surface area (Å²) in [6, 6.07) is 7.79. The van der Waals surface area contributed by atoms with Gasteiger partial charge in [-0.25, -0.2) is 11.9 Å². The predicted molar refractivity (Wildman–Crippen MR) is 51.3 cm³/mol. The monoisotopic (exact) mass is 176 g/mol. The molecule has 0 spiro atoms. The van der Waals surface area contributed by atoms with E-state index in [0.717, 1.165) is 17.9 Å². The highest BCUT2D eigenvalue weighted by molar-refractivity contribution is 5.26. The number of ether oxygens (including phenoxy) is 1. The summed E-state index contributed by atoms with van der Waals surface area (Å²) < 4.78 is 5.03. The fraction of sp³-hybridized carbons (Fsp3) is 0.300. The number of hydrogen-bond acceptors (Lipinski definition) is 2. The molecule has 0 radical (unpaired) electrons. The van der Waals surface area contributed by atoms with Crippen LogP contribution in [-0.4, -0.2) is 13.8 Å². The Morgan fingerprint density at radius 2 is 2.08 bits per heavy atom. The fourth-order valence-corrected chi connectivity index (χ4v) is 1.000.